The first kappa shape index (κ1) is 18.0. The van der Waals surface area contributed by atoms with Crippen molar-refractivity contribution in [2.24, 2.45) is 0 Å². The molecule has 0 saturated carbocycles. The molecule has 138 valence electrons. The average Bonchev–Trinajstić information content (AvgIpc) is 2.79. The SMILES string of the molecule is COc1ccc(C(=O)N2CC(N3CC(F)(F)C[C@H]3CN(C)C)C2)cn1. The molecule has 0 aromatic carbocycles. The van der Waals surface area contributed by atoms with Crippen LogP contribution >= 0.6 is 0 Å². The van der Waals surface area contributed by atoms with E-state index in [1.165, 1.54) is 13.3 Å². The second-order valence-electron chi connectivity index (χ2n) is 7.10. The van der Waals surface area contributed by atoms with Crippen LogP contribution in [0, 0.1) is 0 Å². The van der Waals surface area contributed by atoms with Gasteiger partial charge in [-0.3, -0.25) is 9.69 Å². The molecule has 0 N–H and O–H groups in total. The van der Waals surface area contributed by atoms with Crippen molar-refractivity contribution in [1.29, 1.82) is 0 Å². The predicted octanol–water partition coefficient (Wildman–Crippen LogP) is 1.19. The minimum Gasteiger partial charge on any atom is -0.481 e. The van der Waals surface area contributed by atoms with Gasteiger partial charge in [-0.25, -0.2) is 13.8 Å². The zero-order valence-electron chi connectivity index (χ0n) is 14.8. The third kappa shape index (κ3) is 3.90. The molecule has 0 bridgehead atoms. The standard InChI is InChI=1S/C17H24F2N4O2/c1-21(2)8-13-6-17(18,19)11-23(13)14-9-22(10-14)16(24)12-4-5-15(25-3)20-7-12/h4-5,7,13-14H,6,8-11H2,1-3H3/t13-/m0/s1. The number of ether oxygens (including phenoxy) is 1. The molecule has 1 amide bonds. The fourth-order valence-corrected chi connectivity index (χ4v) is 3.58. The lowest BCUT2D eigenvalue weighted by Crippen LogP contribution is -2.63. The summed E-state index contributed by atoms with van der Waals surface area (Å²) in [5.74, 6) is -2.32. The van der Waals surface area contributed by atoms with Gasteiger partial charge in [0.2, 0.25) is 5.88 Å². The first-order valence-electron chi connectivity index (χ1n) is 8.37. The first-order valence-corrected chi connectivity index (χ1v) is 8.37. The Balaban J connectivity index is 1.59. The number of amides is 1. The van der Waals surface area contributed by atoms with Crippen molar-refractivity contribution in [2.75, 3.05) is 47.4 Å². The number of pyridine rings is 1. The smallest absolute Gasteiger partial charge is 0.262 e. The van der Waals surface area contributed by atoms with E-state index < -0.39 is 5.92 Å². The van der Waals surface area contributed by atoms with Gasteiger partial charge in [-0.15, -0.1) is 0 Å². The van der Waals surface area contributed by atoms with Crippen LogP contribution in [0.2, 0.25) is 0 Å². The van der Waals surface area contributed by atoms with Gasteiger partial charge in [0.05, 0.1) is 19.2 Å². The van der Waals surface area contributed by atoms with E-state index in [-0.39, 0.29) is 31.0 Å². The molecule has 6 nitrogen and oxygen atoms in total. The number of nitrogens with zero attached hydrogens (tertiary/aromatic N) is 4. The Labute approximate surface area is 146 Å². The maximum absolute atomic E-state index is 13.8. The van der Waals surface area contributed by atoms with E-state index in [1.54, 1.807) is 17.0 Å². The highest BCUT2D eigenvalue weighted by Gasteiger charge is 2.50. The number of methoxy groups -OCH3 is 1. The van der Waals surface area contributed by atoms with Gasteiger partial charge in [0.1, 0.15) is 0 Å². The normalized spacial score (nSPS) is 23.8. The number of likely N-dealkylation sites (tertiary alicyclic amines) is 2. The minimum absolute atomic E-state index is 0.00603. The van der Waals surface area contributed by atoms with Gasteiger partial charge in [0, 0.05) is 50.4 Å². The Morgan fingerprint density at radius 3 is 2.68 bits per heavy atom. The second kappa shape index (κ2) is 6.84. The fraction of sp³-hybridized carbons (Fsp3) is 0.647. The molecule has 0 radical (unpaired) electrons. The predicted molar refractivity (Wildman–Crippen MR) is 89.1 cm³/mol. The number of alkyl halides is 2. The van der Waals surface area contributed by atoms with E-state index in [2.05, 4.69) is 4.98 Å². The number of carbonyl (C=O) groups is 1. The highest BCUT2D eigenvalue weighted by atomic mass is 19.3. The number of likely N-dealkylation sites (N-methyl/N-ethyl adjacent to an activating group) is 1. The van der Waals surface area contributed by atoms with E-state index >= 15 is 0 Å². The number of hydrogen-bond acceptors (Lipinski definition) is 5. The molecule has 2 aliphatic rings. The van der Waals surface area contributed by atoms with Gasteiger partial charge in [-0.05, 0) is 20.2 Å². The molecule has 1 aromatic rings. The largest absolute Gasteiger partial charge is 0.481 e. The van der Waals surface area contributed by atoms with Crippen LogP contribution < -0.4 is 4.74 Å². The lowest BCUT2D eigenvalue weighted by atomic mass is 10.0. The summed E-state index contributed by atoms with van der Waals surface area (Å²) in [6, 6.07) is 3.13. The topological polar surface area (TPSA) is 48.9 Å². The first-order chi connectivity index (χ1) is 11.8. The summed E-state index contributed by atoms with van der Waals surface area (Å²) in [6.07, 6.45) is 1.37. The van der Waals surface area contributed by atoms with Crippen LogP contribution in [0.25, 0.3) is 0 Å². The lowest BCUT2D eigenvalue weighted by molar-refractivity contribution is -0.0114. The van der Waals surface area contributed by atoms with Crippen molar-refractivity contribution in [2.45, 2.75) is 24.4 Å². The van der Waals surface area contributed by atoms with Crippen LogP contribution in [0.1, 0.15) is 16.8 Å². The lowest BCUT2D eigenvalue weighted by Gasteiger charge is -2.46. The van der Waals surface area contributed by atoms with Crippen molar-refractivity contribution in [3.63, 3.8) is 0 Å². The molecule has 25 heavy (non-hydrogen) atoms. The fourth-order valence-electron chi connectivity index (χ4n) is 3.58. The van der Waals surface area contributed by atoms with Crippen molar-refractivity contribution in [3.8, 4) is 5.88 Å². The molecule has 1 atom stereocenters. The molecule has 2 saturated heterocycles. The van der Waals surface area contributed by atoms with Crippen molar-refractivity contribution in [1.82, 2.24) is 19.7 Å². The van der Waals surface area contributed by atoms with Crippen molar-refractivity contribution in [3.05, 3.63) is 23.9 Å². The summed E-state index contributed by atoms with van der Waals surface area (Å²) in [5.41, 5.74) is 0.482. The van der Waals surface area contributed by atoms with E-state index in [0.29, 0.717) is 31.1 Å². The minimum atomic E-state index is -2.65. The molecule has 3 rings (SSSR count). The molecule has 1 aromatic heterocycles. The Bertz CT molecular complexity index is 618. The summed E-state index contributed by atoms with van der Waals surface area (Å²) in [4.78, 5) is 22.0. The monoisotopic (exact) mass is 354 g/mol. The second-order valence-corrected chi connectivity index (χ2v) is 7.10. The Morgan fingerprint density at radius 1 is 1.40 bits per heavy atom. The number of halogens is 2. The number of hydrogen-bond donors (Lipinski definition) is 0. The van der Waals surface area contributed by atoms with Crippen LogP contribution in [-0.2, 0) is 0 Å². The maximum atomic E-state index is 13.8. The summed E-state index contributed by atoms with van der Waals surface area (Å²) in [6.45, 7) is 1.33. The molecule has 3 heterocycles. The summed E-state index contributed by atoms with van der Waals surface area (Å²) in [5, 5.41) is 0. The maximum Gasteiger partial charge on any atom is 0.262 e. The third-order valence-corrected chi connectivity index (χ3v) is 4.80. The van der Waals surface area contributed by atoms with Gasteiger partial charge in [-0.2, -0.15) is 0 Å². The van der Waals surface area contributed by atoms with Gasteiger partial charge in [-0.1, -0.05) is 0 Å². The van der Waals surface area contributed by atoms with E-state index in [1.807, 2.05) is 23.9 Å². The highest BCUT2D eigenvalue weighted by Crippen LogP contribution is 2.35. The number of rotatable bonds is 5. The Hall–Kier alpha value is -1.80. The number of aromatic nitrogens is 1. The number of carbonyl (C=O) groups excluding carboxylic acids is 1. The van der Waals surface area contributed by atoms with Crippen LogP contribution in [0.15, 0.2) is 18.3 Å². The Kier molecular flexibility index (Phi) is 4.92. The van der Waals surface area contributed by atoms with Gasteiger partial charge < -0.3 is 14.5 Å². The zero-order chi connectivity index (χ0) is 18.2. The molecular formula is C17H24F2N4O2. The third-order valence-electron chi connectivity index (χ3n) is 4.80. The van der Waals surface area contributed by atoms with E-state index in [4.69, 9.17) is 4.74 Å². The molecule has 0 unspecified atom stereocenters. The van der Waals surface area contributed by atoms with Gasteiger partial charge in [0.15, 0.2) is 0 Å². The summed E-state index contributed by atoms with van der Waals surface area (Å²) < 4.78 is 32.7. The van der Waals surface area contributed by atoms with Gasteiger partial charge >= 0.3 is 0 Å². The zero-order valence-corrected chi connectivity index (χ0v) is 14.8. The summed E-state index contributed by atoms with van der Waals surface area (Å²) >= 11 is 0. The molecule has 2 aliphatic heterocycles. The van der Waals surface area contributed by atoms with Gasteiger partial charge in [0.25, 0.3) is 11.8 Å². The van der Waals surface area contributed by atoms with E-state index in [9.17, 15) is 13.6 Å². The average molecular weight is 354 g/mol. The summed E-state index contributed by atoms with van der Waals surface area (Å²) in [7, 11) is 5.30. The van der Waals surface area contributed by atoms with Crippen LogP contribution in [0.4, 0.5) is 8.78 Å². The van der Waals surface area contributed by atoms with Crippen LogP contribution in [-0.4, -0.2) is 91.0 Å². The molecule has 8 heteroatoms. The molecule has 2 fully saturated rings. The van der Waals surface area contributed by atoms with Crippen LogP contribution in [0.5, 0.6) is 5.88 Å². The van der Waals surface area contributed by atoms with Crippen LogP contribution in [0.3, 0.4) is 0 Å². The van der Waals surface area contributed by atoms with Crippen molar-refractivity contribution < 1.29 is 18.3 Å². The Morgan fingerprint density at radius 2 is 2.12 bits per heavy atom. The highest BCUT2D eigenvalue weighted by molar-refractivity contribution is 5.94. The molecule has 0 spiro atoms. The van der Waals surface area contributed by atoms with E-state index in [0.717, 1.165) is 0 Å². The van der Waals surface area contributed by atoms with Crippen molar-refractivity contribution >= 4 is 5.91 Å². The molecule has 0 aliphatic carbocycles. The molecular weight excluding hydrogens is 330 g/mol. The quantitative estimate of drug-likeness (QED) is 0.795.